The van der Waals surface area contributed by atoms with Crippen molar-refractivity contribution in [2.75, 3.05) is 13.2 Å². The van der Waals surface area contributed by atoms with Crippen LogP contribution in [-0.2, 0) is 0 Å². The largest absolute Gasteiger partial charge is 0.394 e. The van der Waals surface area contributed by atoms with Gasteiger partial charge in [-0.05, 0) is 9.91 Å². The molecule has 0 spiro atoms. The van der Waals surface area contributed by atoms with Crippen LogP contribution in [0.15, 0.2) is 6.20 Å². The number of hydrogen-bond donors (Lipinski definition) is 5. The molecule has 114 valence electrons. The van der Waals surface area contributed by atoms with E-state index in [1.165, 1.54) is 6.92 Å². The molecule has 1 rings (SSSR count). The quantitative estimate of drug-likeness (QED) is 0.277. The molecule has 0 aliphatic carbocycles. The van der Waals surface area contributed by atoms with E-state index in [1.54, 1.807) is 0 Å². The van der Waals surface area contributed by atoms with Crippen molar-refractivity contribution in [1.82, 2.24) is 9.55 Å². The molecule has 0 saturated heterocycles. The first-order valence-electron chi connectivity index (χ1n) is 5.79. The standard InChI is InChI=1S/C10H17N3O7/c1-5-11-8(13(19)20)2-12(5)6(3-14)9(17)10(18)7(16)4-15/h2,6-7,9-10,14-18H,3-4H2,1H3/t6-,7+,9+,10-/m0/s1. The van der Waals surface area contributed by atoms with Crippen LogP contribution in [0, 0.1) is 17.0 Å². The van der Waals surface area contributed by atoms with Crippen molar-refractivity contribution < 1.29 is 30.5 Å². The van der Waals surface area contributed by atoms with Crippen LogP contribution < -0.4 is 0 Å². The van der Waals surface area contributed by atoms with Crippen molar-refractivity contribution >= 4 is 5.82 Å². The Bertz CT molecular complexity index is 464. The third-order valence-corrected chi connectivity index (χ3v) is 2.96. The molecular weight excluding hydrogens is 274 g/mol. The third kappa shape index (κ3) is 3.29. The Hall–Kier alpha value is -1.59. The lowest BCUT2D eigenvalue weighted by atomic mass is 10.0. The molecule has 0 amide bonds. The molecule has 0 unspecified atom stereocenters. The highest BCUT2D eigenvalue weighted by molar-refractivity contribution is 5.18. The van der Waals surface area contributed by atoms with Gasteiger partial charge in [0.25, 0.3) is 0 Å². The van der Waals surface area contributed by atoms with Crippen molar-refractivity contribution in [3.8, 4) is 0 Å². The summed E-state index contributed by atoms with van der Waals surface area (Å²) >= 11 is 0. The Morgan fingerprint density at radius 3 is 2.30 bits per heavy atom. The molecule has 10 nitrogen and oxygen atoms in total. The molecule has 1 aromatic heterocycles. The summed E-state index contributed by atoms with van der Waals surface area (Å²) in [5.41, 5.74) is 0. The second kappa shape index (κ2) is 6.72. The summed E-state index contributed by atoms with van der Waals surface area (Å²) in [6, 6.07) is -1.15. The summed E-state index contributed by atoms with van der Waals surface area (Å²) < 4.78 is 1.14. The van der Waals surface area contributed by atoms with Gasteiger partial charge >= 0.3 is 5.82 Å². The lowest BCUT2D eigenvalue weighted by Gasteiger charge is -2.28. The maximum Gasteiger partial charge on any atom is 0.381 e. The smallest absolute Gasteiger partial charge is 0.381 e. The molecule has 10 heteroatoms. The van der Waals surface area contributed by atoms with Crippen LogP contribution in [0.1, 0.15) is 11.9 Å². The molecule has 1 aromatic rings. The van der Waals surface area contributed by atoms with Gasteiger partial charge in [0.15, 0.2) is 0 Å². The van der Waals surface area contributed by atoms with Crippen molar-refractivity contribution in [3.05, 3.63) is 22.1 Å². The zero-order chi connectivity index (χ0) is 15.4. The highest BCUT2D eigenvalue weighted by atomic mass is 16.6. The SMILES string of the molecule is Cc1nc([N+](=O)[O-])cn1[C@@H](CO)[C@@H](O)[C@@H](O)[C@H](O)CO. The Morgan fingerprint density at radius 1 is 1.30 bits per heavy atom. The molecule has 0 radical (unpaired) electrons. The van der Waals surface area contributed by atoms with Gasteiger partial charge in [0.1, 0.15) is 24.5 Å². The molecule has 1 heterocycles. The fraction of sp³-hybridized carbons (Fsp3) is 0.700. The van der Waals surface area contributed by atoms with Gasteiger partial charge in [0, 0.05) is 6.92 Å². The van der Waals surface area contributed by atoms with E-state index >= 15 is 0 Å². The molecule has 0 fully saturated rings. The Kier molecular flexibility index (Phi) is 5.53. The van der Waals surface area contributed by atoms with E-state index < -0.39 is 48.3 Å². The van der Waals surface area contributed by atoms with Crippen molar-refractivity contribution in [2.24, 2.45) is 0 Å². The molecule has 0 saturated carbocycles. The summed E-state index contributed by atoms with van der Waals surface area (Å²) in [5, 5.41) is 57.4. The lowest BCUT2D eigenvalue weighted by molar-refractivity contribution is -0.389. The van der Waals surface area contributed by atoms with Gasteiger partial charge in [0.2, 0.25) is 5.82 Å². The number of nitro groups is 1. The topological polar surface area (TPSA) is 162 Å². The van der Waals surface area contributed by atoms with Crippen molar-refractivity contribution in [1.29, 1.82) is 0 Å². The van der Waals surface area contributed by atoms with Gasteiger partial charge in [-0.3, -0.25) is 4.57 Å². The Morgan fingerprint density at radius 2 is 1.90 bits per heavy atom. The molecule has 4 atom stereocenters. The Balaban J connectivity index is 3.03. The van der Waals surface area contributed by atoms with E-state index in [1.807, 2.05) is 0 Å². The summed E-state index contributed by atoms with van der Waals surface area (Å²) in [6.07, 6.45) is -3.96. The zero-order valence-corrected chi connectivity index (χ0v) is 10.7. The highest BCUT2D eigenvalue weighted by Crippen LogP contribution is 2.21. The lowest BCUT2D eigenvalue weighted by Crippen LogP contribution is -2.45. The number of aliphatic hydroxyl groups excluding tert-OH is 5. The summed E-state index contributed by atoms with van der Waals surface area (Å²) in [4.78, 5) is 13.5. The number of rotatable bonds is 7. The minimum absolute atomic E-state index is 0.153. The van der Waals surface area contributed by atoms with E-state index in [9.17, 15) is 30.5 Å². The van der Waals surface area contributed by atoms with Crippen LogP contribution in [0.5, 0.6) is 0 Å². The predicted molar refractivity (Wildman–Crippen MR) is 64.8 cm³/mol. The number of nitrogens with zero attached hydrogens (tertiary/aromatic N) is 3. The average molecular weight is 291 g/mol. The first kappa shape index (κ1) is 16.5. The van der Waals surface area contributed by atoms with Gasteiger partial charge < -0.3 is 35.6 Å². The van der Waals surface area contributed by atoms with E-state index in [4.69, 9.17) is 5.11 Å². The number of imidazole rings is 1. The van der Waals surface area contributed by atoms with Crippen molar-refractivity contribution in [2.45, 2.75) is 31.3 Å². The maximum absolute atomic E-state index is 10.6. The van der Waals surface area contributed by atoms with Crippen LogP contribution in [0.2, 0.25) is 0 Å². The normalized spacial score (nSPS) is 17.5. The van der Waals surface area contributed by atoms with Crippen LogP contribution in [0.4, 0.5) is 5.82 Å². The Labute approximate surface area is 113 Å². The summed E-state index contributed by atoms with van der Waals surface area (Å²) in [5.74, 6) is -0.314. The van der Waals surface area contributed by atoms with Crippen LogP contribution in [-0.4, -0.2) is 71.5 Å². The molecule has 0 bridgehead atoms. The highest BCUT2D eigenvalue weighted by Gasteiger charge is 2.34. The average Bonchev–Trinajstić information content (AvgIpc) is 2.80. The molecule has 0 aliphatic rings. The van der Waals surface area contributed by atoms with Crippen LogP contribution >= 0.6 is 0 Å². The van der Waals surface area contributed by atoms with E-state index in [2.05, 4.69) is 4.98 Å². The maximum atomic E-state index is 10.6. The summed E-state index contributed by atoms with van der Waals surface area (Å²) in [7, 11) is 0. The van der Waals surface area contributed by atoms with E-state index in [0.29, 0.717) is 0 Å². The first-order chi connectivity index (χ1) is 9.33. The van der Waals surface area contributed by atoms with Gasteiger partial charge in [-0.15, -0.1) is 0 Å². The number of hydrogen-bond acceptors (Lipinski definition) is 8. The fourth-order valence-corrected chi connectivity index (χ4v) is 1.82. The van der Waals surface area contributed by atoms with Gasteiger partial charge in [-0.2, -0.15) is 0 Å². The first-order valence-corrected chi connectivity index (χ1v) is 5.79. The predicted octanol–water partition coefficient (Wildman–Crippen LogP) is -2.29. The van der Waals surface area contributed by atoms with Crippen LogP contribution in [0.25, 0.3) is 0 Å². The van der Waals surface area contributed by atoms with E-state index in [0.717, 1.165) is 10.8 Å². The van der Waals surface area contributed by atoms with Gasteiger partial charge in [-0.1, -0.05) is 0 Å². The fourth-order valence-electron chi connectivity index (χ4n) is 1.82. The number of aliphatic hydroxyl groups is 5. The number of aromatic nitrogens is 2. The minimum Gasteiger partial charge on any atom is -0.394 e. The molecule has 20 heavy (non-hydrogen) atoms. The van der Waals surface area contributed by atoms with Crippen LogP contribution in [0.3, 0.4) is 0 Å². The van der Waals surface area contributed by atoms with Crippen molar-refractivity contribution in [3.63, 3.8) is 0 Å². The second-order valence-electron chi connectivity index (χ2n) is 4.29. The zero-order valence-electron chi connectivity index (χ0n) is 10.7. The molecule has 0 aliphatic heterocycles. The summed E-state index contributed by atoms with van der Waals surface area (Å²) in [6.45, 7) is 0.00138. The third-order valence-electron chi connectivity index (χ3n) is 2.96. The second-order valence-corrected chi connectivity index (χ2v) is 4.29. The van der Waals surface area contributed by atoms with Gasteiger partial charge in [0.05, 0.1) is 19.3 Å². The monoisotopic (exact) mass is 291 g/mol. The molecule has 0 aromatic carbocycles. The van der Waals surface area contributed by atoms with Gasteiger partial charge in [-0.25, -0.2) is 0 Å². The molecule has 5 N–H and O–H groups in total. The molecular formula is C10H17N3O7. The minimum atomic E-state index is -1.72. The van der Waals surface area contributed by atoms with E-state index in [-0.39, 0.29) is 5.82 Å². The number of aryl methyl sites for hydroxylation is 1.